The number of carbonyl (C=O) groups excluding carboxylic acids is 1. The summed E-state index contributed by atoms with van der Waals surface area (Å²) < 4.78 is 5.68. The molecule has 0 aromatic rings. The van der Waals surface area contributed by atoms with E-state index < -0.39 is 0 Å². The zero-order valence-electron chi connectivity index (χ0n) is 11.9. The molecule has 1 N–H and O–H groups in total. The summed E-state index contributed by atoms with van der Waals surface area (Å²) in [5, 5.41) is 3.40. The van der Waals surface area contributed by atoms with E-state index in [2.05, 4.69) is 19.2 Å². The van der Waals surface area contributed by atoms with Crippen molar-refractivity contribution < 1.29 is 9.53 Å². The van der Waals surface area contributed by atoms with Crippen molar-refractivity contribution in [2.75, 3.05) is 20.7 Å². The number of nitrogens with one attached hydrogen (secondary N) is 1. The molecule has 1 rings (SSSR count). The molecule has 1 saturated carbocycles. The van der Waals surface area contributed by atoms with Gasteiger partial charge < -0.3 is 15.0 Å². The van der Waals surface area contributed by atoms with Gasteiger partial charge in [0.2, 0.25) is 5.91 Å². The largest absolute Gasteiger partial charge is 0.378 e. The predicted octanol–water partition coefficient (Wildman–Crippen LogP) is 1.26. The Labute approximate surface area is 105 Å². The van der Waals surface area contributed by atoms with Gasteiger partial charge in [0, 0.05) is 32.2 Å². The molecule has 0 radical (unpaired) electrons. The molecule has 4 nitrogen and oxygen atoms in total. The minimum absolute atomic E-state index is 0.108. The molecule has 3 unspecified atom stereocenters. The topological polar surface area (TPSA) is 41.6 Å². The third-order valence-electron chi connectivity index (χ3n) is 3.81. The lowest BCUT2D eigenvalue weighted by atomic mass is 9.64. The van der Waals surface area contributed by atoms with Gasteiger partial charge in [0.1, 0.15) is 0 Å². The number of hydrogen-bond acceptors (Lipinski definition) is 3. The molecule has 0 aromatic carbocycles. The second kappa shape index (κ2) is 5.36. The minimum Gasteiger partial charge on any atom is -0.378 e. The lowest BCUT2D eigenvalue weighted by molar-refractivity contribution is -0.136. The van der Waals surface area contributed by atoms with Crippen LogP contribution in [0.25, 0.3) is 0 Å². The third kappa shape index (κ3) is 2.99. The molecule has 0 saturated heterocycles. The summed E-state index contributed by atoms with van der Waals surface area (Å²) in [7, 11) is 3.57. The van der Waals surface area contributed by atoms with Gasteiger partial charge in [-0.15, -0.1) is 0 Å². The molecular weight excluding hydrogens is 216 g/mol. The van der Waals surface area contributed by atoms with Gasteiger partial charge in [-0.05, 0) is 20.3 Å². The highest BCUT2D eigenvalue weighted by Crippen LogP contribution is 2.42. The van der Waals surface area contributed by atoms with Gasteiger partial charge in [-0.3, -0.25) is 4.79 Å². The van der Waals surface area contributed by atoms with Crippen LogP contribution in [0, 0.1) is 5.41 Å². The zero-order chi connectivity index (χ0) is 13.2. The molecule has 17 heavy (non-hydrogen) atoms. The monoisotopic (exact) mass is 242 g/mol. The fourth-order valence-electron chi connectivity index (χ4n) is 2.41. The van der Waals surface area contributed by atoms with Crippen LogP contribution in [-0.4, -0.2) is 49.7 Å². The first-order valence-electron chi connectivity index (χ1n) is 6.39. The standard InChI is InChI=1S/C13H26N2O2/c1-7-17-11-8-10(13(11,3)4)14-9(2)12(16)15(5)6/h9-11,14H,7-8H2,1-6H3. The summed E-state index contributed by atoms with van der Waals surface area (Å²) in [6, 6.07) is 0.231. The van der Waals surface area contributed by atoms with E-state index in [1.54, 1.807) is 19.0 Å². The Morgan fingerprint density at radius 3 is 2.53 bits per heavy atom. The molecule has 0 aliphatic heterocycles. The Balaban J connectivity index is 2.47. The summed E-state index contributed by atoms with van der Waals surface area (Å²) in [6.45, 7) is 9.09. The normalized spacial score (nSPS) is 28.4. The molecule has 0 spiro atoms. The van der Waals surface area contributed by atoms with E-state index in [-0.39, 0.29) is 17.4 Å². The fraction of sp³-hybridized carbons (Fsp3) is 0.923. The highest BCUT2D eigenvalue weighted by Gasteiger charge is 2.49. The van der Waals surface area contributed by atoms with Gasteiger partial charge in [-0.2, -0.15) is 0 Å². The highest BCUT2D eigenvalue weighted by molar-refractivity contribution is 5.80. The summed E-state index contributed by atoms with van der Waals surface area (Å²) in [5.41, 5.74) is 0.108. The van der Waals surface area contributed by atoms with Gasteiger partial charge in [-0.25, -0.2) is 0 Å². The van der Waals surface area contributed by atoms with Crippen LogP contribution >= 0.6 is 0 Å². The Bertz CT molecular complexity index is 277. The quantitative estimate of drug-likeness (QED) is 0.789. The van der Waals surface area contributed by atoms with E-state index in [9.17, 15) is 4.79 Å². The number of nitrogens with zero attached hydrogens (tertiary/aromatic N) is 1. The molecule has 1 fully saturated rings. The Hall–Kier alpha value is -0.610. The van der Waals surface area contributed by atoms with Crippen LogP contribution in [0.1, 0.15) is 34.1 Å². The van der Waals surface area contributed by atoms with Crippen molar-refractivity contribution in [2.24, 2.45) is 5.41 Å². The lowest BCUT2D eigenvalue weighted by Gasteiger charge is -2.52. The van der Waals surface area contributed by atoms with Crippen molar-refractivity contribution in [1.82, 2.24) is 10.2 Å². The third-order valence-corrected chi connectivity index (χ3v) is 3.81. The number of rotatable bonds is 5. The van der Waals surface area contributed by atoms with Crippen molar-refractivity contribution in [3.05, 3.63) is 0 Å². The Morgan fingerprint density at radius 2 is 2.12 bits per heavy atom. The molecule has 1 aliphatic carbocycles. The number of carbonyl (C=O) groups is 1. The first-order chi connectivity index (χ1) is 7.80. The zero-order valence-corrected chi connectivity index (χ0v) is 11.9. The van der Waals surface area contributed by atoms with Crippen molar-refractivity contribution in [2.45, 2.75) is 52.3 Å². The van der Waals surface area contributed by atoms with Crippen molar-refractivity contribution >= 4 is 5.91 Å². The molecule has 100 valence electrons. The van der Waals surface area contributed by atoms with Gasteiger partial charge in [0.05, 0.1) is 12.1 Å². The Morgan fingerprint density at radius 1 is 1.53 bits per heavy atom. The maximum absolute atomic E-state index is 11.8. The molecular formula is C13H26N2O2. The van der Waals surface area contributed by atoms with E-state index >= 15 is 0 Å². The molecule has 0 bridgehead atoms. The van der Waals surface area contributed by atoms with E-state index in [0.29, 0.717) is 12.1 Å². The van der Waals surface area contributed by atoms with Crippen molar-refractivity contribution in [1.29, 1.82) is 0 Å². The average Bonchev–Trinajstić information content (AvgIpc) is 2.26. The summed E-state index contributed by atoms with van der Waals surface area (Å²) in [5.74, 6) is 0.126. The number of amides is 1. The number of hydrogen-bond donors (Lipinski definition) is 1. The molecule has 0 aromatic heterocycles. The van der Waals surface area contributed by atoms with E-state index in [1.165, 1.54) is 0 Å². The van der Waals surface area contributed by atoms with E-state index in [4.69, 9.17) is 4.74 Å². The van der Waals surface area contributed by atoms with Crippen LogP contribution < -0.4 is 5.32 Å². The second-order valence-corrected chi connectivity index (χ2v) is 5.67. The first kappa shape index (κ1) is 14.5. The number of likely N-dealkylation sites (N-methyl/N-ethyl adjacent to an activating group) is 1. The first-order valence-corrected chi connectivity index (χ1v) is 6.39. The van der Waals surface area contributed by atoms with Crippen LogP contribution in [0.5, 0.6) is 0 Å². The van der Waals surface area contributed by atoms with E-state index in [1.807, 2.05) is 13.8 Å². The number of ether oxygens (including phenoxy) is 1. The summed E-state index contributed by atoms with van der Waals surface area (Å²) >= 11 is 0. The fourth-order valence-corrected chi connectivity index (χ4v) is 2.41. The van der Waals surface area contributed by atoms with Crippen LogP contribution in [0.4, 0.5) is 0 Å². The van der Waals surface area contributed by atoms with Gasteiger partial charge >= 0.3 is 0 Å². The highest BCUT2D eigenvalue weighted by atomic mass is 16.5. The average molecular weight is 242 g/mol. The Kier molecular flexibility index (Phi) is 4.55. The van der Waals surface area contributed by atoms with E-state index in [0.717, 1.165) is 13.0 Å². The van der Waals surface area contributed by atoms with Crippen LogP contribution in [0.15, 0.2) is 0 Å². The summed E-state index contributed by atoms with van der Waals surface area (Å²) in [6.07, 6.45) is 1.30. The molecule has 4 heteroatoms. The summed E-state index contributed by atoms with van der Waals surface area (Å²) in [4.78, 5) is 13.4. The van der Waals surface area contributed by atoms with Crippen molar-refractivity contribution in [3.63, 3.8) is 0 Å². The SMILES string of the molecule is CCOC1CC(NC(C)C(=O)N(C)C)C1(C)C. The van der Waals surface area contributed by atoms with Crippen LogP contribution in [-0.2, 0) is 9.53 Å². The smallest absolute Gasteiger partial charge is 0.238 e. The minimum atomic E-state index is -0.128. The lowest BCUT2D eigenvalue weighted by Crippen LogP contribution is -2.63. The molecule has 1 amide bonds. The molecule has 3 atom stereocenters. The maximum atomic E-state index is 11.8. The molecule has 0 heterocycles. The van der Waals surface area contributed by atoms with Crippen LogP contribution in [0.3, 0.4) is 0 Å². The van der Waals surface area contributed by atoms with Crippen molar-refractivity contribution in [3.8, 4) is 0 Å². The van der Waals surface area contributed by atoms with Gasteiger partial charge in [0.25, 0.3) is 0 Å². The predicted molar refractivity (Wildman–Crippen MR) is 68.9 cm³/mol. The molecule has 1 aliphatic rings. The van der Waals surface area contributed by atoms with Gasteiger partial charge in [0.15, 0.2) is 0 Å². The van der Waals surface area contributed by atoms with Gasteiger partial charge in [-0.1, -0.05) is 13.8 Å². The maximum Gasteiger partial charge on any atom is 0.238 e. The van der Waals surface area contributed by atoms with Crippen LogP contribution in [0.2, 0.25) is 0 Å². The second-order valence-electron chi connectivity index (χ2n) is 5.67.